The van der Waals surface area contributed by atoms with Crippen LogP contribution in [0, 0.1) is 35.0 Å². The van der Waals surface area contributed by atoms with Gasteiger partial charge in [-0.15, -0.1) is 0 Å². The van der Waals surface area contributed by atoms with Crippen LogP contribution >= 0.6 is 0 Å². The lowest BCUT2D eigenvalue weighted by molar-refractivity contribution is -0.399. The zero-order valence-electron chi connectivity index (χ0n) is 30.0. The molecule has 0 amide bonds. The van der Waals surface area contributed by atoms with Gasteiger partial charge in [-0.2, -0.15) is 0 Å². The number of rotatable bonds is 10. The number of aliphatic hydroxyl groups excluding tert-OH is 9. The summed E-state index contributed by atoms with van der Waals surface area (Å²) in [4.78, 5) is 0. The summed E-state index contributed by atoms with van der Waals surface area (Å²) in [6.45, 7) is 12.5. The zero-order valence-corrected chi connectivity index (χ0v) is 30.0. The van der Waals surface area contributed by atoms with Crippen molar-refractivity contribution in [3.05, 3.63) is 35.5 Å². The van der Waals surface area contributed by atoms with Gasteiger partial charge in [-0.3, -0.25) is 0 Å². The van der Waals surface area contributed by atoms with Gasteiger partial charge in [0.05, 0.1) is 12.7 Å². The van der Waals surface area contributed by atoms with Crippen molar-refractivity contribution in [1.29, 1.82) is 0 Å². The second kappa shape index (κ2) is 16.0. The maximum Gasteiger partial charge on any atom is 0.189 e. The fraction of sp³-hybridized carbons (Fsp3) is 0.842. The van der Waals surface area contributed by atoms with Gasteiger partial charge in [-0.25, -0.2) is 0 Å². The Balaban J connectivity index is 1.60. The quantitative estimate of drug-likeness (QED) is 0.159. The van der Waals surface area contributed by atoms with E-state index in [1.54, 1.807) is 0 Å². The number of hydrogen-bond donors (Lipinski definition) is 9. The maximum absolute atomic E-state index is 11.5. The lowest BCUT2D eigenvalue weighted by atomic mass is 9.58. The van der Waals surface area contributed by atoms with Crippen LogP contribution in [0.4, 0.5) is 0 Å². The Morgan fingerprint density at radius 2 is 1.60 bits per heavy atom. The predicted octanol–water partition coefficient (Wildman–Crippen LogP) is 1.79. The SMILES string of the molecule is C=C1CCC(O)C/C1=C/C=C1\CCCC2(C)[C@H]1C([C@]1(CO)O[C@@H](O)[C@H](O)[C@H](O)[C@@H]1OC1OC(O)C(O)C(O)C1O)C[C@@H]2[C@H](C)CCCC(C)C. The van der Waals surface area contributed by atoms with Crippen LogP contribution in [0.1, 0.15) is 91.9 Å². The van der Waals surface area contributed by atoms with Gasteiger partial charge in [-0.1, -0.05) is 76.8 Å². The highest BCUT2D eigenvalue weighted by Gasteiger charge is 2.67. The van der Waals surface area contributed by atoms with Crippen LogP contribution in [0.5, 0.6) is 0 Å². The molecule has 2 heterocycles. The molecule has 0 aromatic rings. The monoisotopic (exact) mass is 710 g/mol. The van der Waals surface area contributed by atoms with Gasteiger partial charge >= 0.3 is 0 Å². The molecular weight excluding hydrogens is 648 g/mol. The average molecular weight is 711 g/mol. The van der Waals surface area contributed by atoms with E-state index in [1.807, 2.05) is 6.08 Å². The average Bonchev–Trinajstić information content (AvgIpc) is 3.40. The van der Waals surface area contributed by atoms with Crippen molar-refractivity contribution >= 4 is 0 Å². The summed E-state index contributed by atoms with van der Waals surface area (Å²) < 4.78 is 17.7. The maximum atomic E-state index is 11.5. The smallest absolute Gasteiger partial charge is 0.189 e. The molecule has 8 unspecified atom stereocenters. The minimum Gasteiger partial charge on any atom is -0.393 e. The molecule has 12 nitrogen and oxygen atoms in total. The summed E-state index contributed by atoms with van der Waals surface area (Å²) in [5.74, 6) is 0.213. The minimum absolute atomic E-state index is 0.150. The van der Waals surface area contributed by atoms with E-state index in [4.69, 9.17) is 14.2 Å². The number of ether oxygens (including phenoxy) is 3. The van der Waals surface area contributed by atoms with Crippen LogP contribution in [0.3, 0.4) is 0 Å². The molecule has 0 aromatic heterocycles. The number of hydrogen-bond acceptors (Lipinski definition) is 12. The van der Waals surface area contributed by atoms with Gasteiger partial charge in [0.2, 0.25) is 0 Å². The van der Waals surface area contributed by atoms with Crippen molar-refractivity contribution < 1.29 is 60.2 Å². The first-order chi connectivity index (χ1) is 23.5. The molecule has 0 bridgehead atoms. The van der Waals surface area contributed by atoms with E-state index in [0.29, 0.717) is 31.6 Å². The molecule has 12 heteroatoms. The first-order valence-electron chi connectivity index (χ1n) is 18.7. The fourth-order valence-electron chi connectivity index (χ4n) is 10.0. The van der Waals surface area contributed by atoms with Gasteiger partial charge in [0.1, 0.15) is 42.2 Å². The molecule has 5 aliphatic rings. The van der Waals surface area contributed by atoms with Crippen molar-refractivity contribution in [3.63, 3.8) is 0 Å². The van der Waals surface area contributed by atoms with Gasteiger partial charge in [0.15, 0.2) is 18.9 Å². The lowest BCUT2D eigenvalue weighted by Gasteiger charge is -2.55. The highest BCUT2D eigenvalue weighted by molar-refractivity contribution is 5.37. The van der Waals surface area contributed by atoms with Gasteiger partial charge in [0.25, 0.3) is 0 Å². The molecule has 50 heavy (non-hydrogen) atoms. The Morgan fingerprint density at radius 1 is 0.900 bits per heavy atom. The van der Waals surface area contributed by atoms with Crippen LogP contribution < -0.4 is 0 Å². The van der Waals surface area contributed by atoms with E-state index < -0.39 is 79.7 Å². The molecule has 9 N–H and O–H groups in total. The third kappa shape index (κ3) is 7.56. The lowest BCUT2D eigenvalue weighted by Crippen LogP contribution is -2.71. The van der Waals surface area contributed by atoms with Crippen molar-refractivity contribution in [1.82, 2.24) is 0 Å². The Kier molecular flexibility index (Phi) is 12.8. The molecule has 0 spiro atoms. The molecular formula is C38H62O12. The van der Waals surface area contributed by atoms with Gasteiger partial charge < -0.3 is 60.2 Å². The standard InChI is InChI=1S/C38H62O12/c1-19(2)8-6-9-21(4)25-17-26(27-22(10-7-15-37(25,27)5)12-13-23-16-24(40)14-11-20(23)3)38(18-39)33(29(42)31(44)35(47)50-38)48-36-32(45)28(41)30(43)34(46)49-36/h12-13,19,21,24-36,39-47H,3,6-11,14-18H2,1-2,4-5H3/b22-12+,23-13-/t21-,24?,25-,26?,27-,28?,29+,30?,31-,32?,33+,34?,35-,36?,37?,38+/m1/s1. The molecule has 0 aromatic carbocycles. The van der Waals surface area contributed by atoms with E-state index in [0.717, 1.165) is 55.2 Å². The summed E-state index contributed by atoms with van der Waals surface area (Å²) in [5, 5.41) is 96.7. The van der Waals surface area contributed by atoms with E-state index >= 15 is 0 Å². The number of fused-ring (bicyclic) bond motifs is 1. The van der Waals surface area contributed by atoms with E-state index in [2.05, 4.69) is 40.3 Å². The van der Waals surface area contributed by atoms with E-state index in [9.17, 15) is 46.0 Å². The Bertz CT molecular complexity index is 1240. The summed E-state index contributed by atoms with van der Waals surface area (Å²) in [5.41, 5.74) is 0.962. The van der Waals surface area contributed by atoms with Crippen molar-refractivity contribution in [3.8, 4) is 0 Å². The molecule has 16 atom stereocenters. The molecule has 5 fully saturated rings. The van der Waals surface area contributed by atoms with Crippen LogP contribution in [-0.2, 0) is 14.2 Å². The van der Waals surface area contributed by atoms with Crippen molar-refractivity contribution in [2.45, 2.75) is 159 Å². The molecule has 2 aliphatic heterocycles. The van der Waals surface area contributed by atoms with Gasteiger partial charge in [-0.05, 0) is 79.6 Å². The zero-order chi connectivity index (χ0) is 36.7. The van der Waals surface area contributed by atoms with Crippen LogP contribution in [0.15, 0.2) is 35.5 Å². The molecule has 2 saturated heterocycles. The first kappa shape index (κ1) is 39.9. The Morgan fingerprint density at radius 3 is 2.28 bits per heavy atom. The second-order valence-electron chi connectivity index (χ2n) is 16.5. The third-order valence-corrected chi connectivity index (χ3v) is 12.8. The van der Waals surface area contributed by atoms with E-state index in [1.165, 1.54) is 0 Å². The fourth-order valence-corrected chi connectivity index (χ4v) is 10.0. The molecule has 3 saturated carbocycles. The van der Waals surface area contributed by atoms with Crippen molar-refractivity contribution in [2.75, 3.05) is 6.61 Å². The summed E-state index contributed by atoms with van der Waals surface area (Å²) in [7, 11) is 0. The Hall–Kier alpha value is -1.26. The number of allylic oxidation sites excluding steroid dienone is 4. The summed E-state index contributed by atoms with van der Waals surface area (Å²) >= 11 is 0. The van der Waals surface area contributed by atoms with Crippen LogP contribution in [0.25, 0.3) is 0 Å². The summed E-state index contributed by atoms with van der Waals surface area (Å²) in [6, 6.07) is 0. The number of aliphatic hydroxyl groups is 9. The van der Waals surface area contributed by atoms with Crippen molar-refractivity contribution in [2.24, 2.45) is 35.0 Å². The second-order valence-corrected chi connectivity index (χ2v) is 16.5. The minimum atomic E-state index is -1.93. The third-order valence-electron chi connectivity index (χ3n) is 12.8. The van der Waals surface area contributed by atoms with E-state index in [-0.39, 0.29) is 23.2 Å². The van der Waals surface area contributed by atoms with Crippen LogP contribution in [0.2, 0.25) is 0 Å². The normalized spacial score (nSPS) is 48.0. The topological polar surface area (TPSA) is 210 Å². The molecule has 5 rings (SSSR count). The predicted molar refractivity (Wildman–Crippen MR) is 183 cm³/mol. The van der Waals surface area contributed by atoms with Gasteiger partial charge in [0, 0.05) is 5.92 Å². The Labute approximate surface area is 296 Å². The molecule has 3 aliphatic carbocycles. The highest BCUT2D eigenvalue weighted by atomic mass is 16.8. The summed E-state index contributed by atoms with van der Waals surface area (Å²) in [6.07, 6.45) is -4.55. The first-order valence-corrected chi connectivity index (χ1v) is 18.7. The van der Waals surface area contributed by atoms with Crippen LogP contribution in [-0.4, -0.2) is 120 Å². The highest BCUT2D eigenvalue weighted by Crippen LogP contribution is 2.66. The largest absolute Gasteiger partial charge is 0.393 e. The molecule has 0 radical (unpaired) electrons. The molecule has 286 valence electrons.